The summed E-state index contributed by atoms with van der Waals surface area (Å²) in [5.41, 5.74) is 1.58. The molecule has 0 saturated heterocycles. The SMILES string of the molecule is CC(F)(F)c1cc(-c2ccco2)nc2c1cnn2Cc1ccncc1. The number of nitrogens with zero attached hydrogens (tertiary/aromatic N) is 4. The number of furan rings is 1. The van der Waals surface area contributed by atoms with E-state index in [1.165, 1.54) is 18.5 Å². The first-order valence-corrected chi connectivity index (χ1v) is 7.70. The van der Waals surface area contributed by atoms with Gasteiger partial charge in [0.2, 0.25) is 0 Å². The zero-order chi connectivity index (χ0) is 17.4. The quantitative estimate of drug-likeness (QED) is 0.557. The number of alkyl halides is 2. The van der Waals surface area contributed by atoms with Gasteiger partial charge < -0.3 is 4.42 Å². The molecule has 0 radical (unpaired) electrons. The summed E-state index contributed by atoms with van der Waals surface area (Å²) in [6, 6.07) is 8.44. The summed E-state index contributed by atoms with van der Waals surface area (Å²) in [7, 11) is 0. The van der Waals surface area contributed by atoms with E-state index in [4.69, 9.17) is 4.42 Å². The van der Waals surface area contributed by atoms with Gasteiger partial charge in [-0.25, -0.2) is 18.4 Å². The van der Waals surface area contributed by atoms with Crippen molar-refractivity contribution < 1.29 is 13.2 Å². The first-order chi connectivity index (χ1) is 12.0. The number of hydrogen-bond donors (Lipinski definition) is 0. The van der Waals surface area contributed by atoms with Crippen molar-refractivity contribution in [3.8, 4) is 11.5 Å². The van der Waals surface area contributed by atoms with Crippen LogP contribution in [0.3, 0.4) is 0 Å². The fourth-order valence-electron chi connectivity index (χ4n) is 2.74. The highest BCUT2D eigenvalue weighted by Crippen LogP contribution is 2.35. The van der Waals surface area contributed by atoms with Gasteiger partial charge in [0, 0.05) is 30.3 Å². The van der Waals surface area contributed by atoms with Gasteiger partial charge >= 0.3 is 0 Å². The second kappa shape index (κ2) is 5.77. The average Bonchev–Trinajstić information content (AvgIpc) is 3.24. The lowest BCUT2D eigenvalue weighted by Crippen LogP contribution is -2.09. The Kier molecular flexibility index (Phi) is 3.56. The Balaban J connectivity index is 1.90. The minimum absolute atomic E-state index is 0.120. The molecule has 4 heterocycles. The molecule has 0 aliphatic carbocycles. The predicted octanol–water partition coefficient (Wildman–Crippen LogP) is 4.25. The van der Waals surface area contributed by atoms with Crippen LogP contribution >= 0.6 is 0 Å². The van der Waals surface area contributed by atoms with Crippen LogP contribution < -0.4 is 0 Å². The zero-order valence-electron chi connectivity index (χ0n) is 13.4. The smallest absolute Gasteiger partial charge is 0.271 e. The van der Waals surface area contributed by atoms with Gasteiger partial charge in [0.15, 0.2) is 11.4 Å². The molecule has 0 fully saturated rings. The molecule has 0 unspecified atom stereocenters. The van der Waals surface area contributed by atoms with Crippen molar-refractivity contribution in [1.82, 2.24) is 19.7 Å². The highest BCUT2D eigenvalue weighted by molar-refractivity contribution is 5.82. The summed E-state index contributed by atoms with van der Waals surface area (Å²) in [6.07, 6.45) is 6.27. The maximum Gasteiger partial charge on any atom is 0.271 e. The number of halogens is 2. The topological polar surface area (TPSA) is 56.7 Å². The molecule has 0 spiro atoms. The molecule has 4 rings (SSSR count). The van der Waals surface area contributed by atoms with Crippen molar-refractivity contribution in [3.63, 3.8) is 0 Å². The molecule has 0 aromatic carbocycles. The minimum Gasteiger partial charge on any atom is -0.463 e. The summed E-state index contributed by atoms with van der Waals surface area (Å²) in [6.45, 7) is 1.28. The van der Waals surface area contributed by atoms with E-state index < -0.39 is 5.92 Å². The van der Waals surface area contributed by atoms with Gasteiger partial charge in [0.1, 0.15) is 5.69 Å². The number of aromatic nitrogens is 4. The molecule has 7 heteroatoms. The second-order valence-electron chi connectivity index (χ2n) is 5.82. The van der Waals surface area contributed by atoms with Gasteiger partial charge in [0.05, 0.1) is 19.0 Å². The largest absolute Gasteiger partial charge is 0.463 e. The molecule has 0 atom stereocenters. The predicted molar refractivity (Wildman–Crippen MR) is 88.1 cm³/mol. The van der Waals surface area contributed by atoms with E-state index in [0.29, 0.717) is 29.0 Å². The van der Waals surface area contributed by atoms with Crippen LogP contribution in [0.1, 0.15) is 18.1 Å². The number of pyridine rings is 2. The lowest BCUT2D eigenvalue weighted by molar-refractivity contribution is 0.0191. The molecule has 4 aromatic rings. The third-order valence-corrected chi connectivity index (χ3v) is 3.94. The molecule has 0 amide bonds. The first kappa shape index (κ1) is 15.4. The van der Waals surface area contributed by atoms with Crippen LogP contribution in [0.4, 0.5) is 8.78 Å². The van der Waals surface area contributed by atoms with Gasteiger partial charge in [0.25, 0.3) is 5.92 Å². The summed E-state index contributed by atoms with van der Waals surface area (Å²) in [5.74, 6) is -2.59. The van der Waals surface area contributed by atoms with Crippen LogP contribution in [-0.4, -0.2) is 19.7 Å². The van der Waals surface area contributed by atoms with Crippen LogP contribution in [-0.2, 0) is 12.5 Å². The zero-order valence-corrected chi connectivity index (χ0v) is 13.4. The van der Waals surface area contributed by atoms with Crippen LogP contribution in [0.25, 0.3) is 22.5 Å². The van der Waals surface area contributed by atoms with Crippen molar-refractivity contribution in [3.05, 3.63) is 66.3 Å². The Morgan fingerprint density at radius 2 is 2.00 bits per heavy atom. The fraction of sp³-hybridized carbons (Fsp3) is 0.167. The molecule has 5 nitrogen and oxygen atoms in total. The lowest BCUT2D eigenvalue weighted by Gasteiger charge is -2.13. The highest BCUT2D eigenvalue weighted by atomic mass is 19.3. The molecule has 4 aromatic heterocycles. The Hall–Kier alpha value is -3.09. The van der Waals surface area contributed by atoms with Gasteiger partial charge in [-0.1, -0.05) is 0 Å². The first-order valence-electron chi connectivity index (χ1n) is 7.70. The standard InChI is InChI=1S/C18H14F2N4O/c1-18(19,20)14-9-15(16-3-2-8-25-16)23-17-13(14)10-22-24(17)11-12-4-6-21-7-5-12/h2-10H,11H2,1H3. The van der Waals surface area contributed by atoms with Crippen LogP contribution in [0, 0.1) is 0 Å². The maximum atomic E-state index is 14.1. The van der Waals surface area contributed by atoms with E-state index in [1.807, 2.05) is 12.1 Å². The molecule has 0 bridgehead atoms. The van der Waals surface area contributed by atoms with Crippen molar-refractivity contribution in [2.75, 3.05) is 0 Å². The van der Waals surface area contributed by atoms with E-state index in [1.54, 1.807) is 29.2 Å². The molecule has 126 valence electrons. The summed E-state index contributed by atoms with van der Waals surface area (Å²) in [5, 5.41) is 4.59. The van der Waals surface area contributed by atoms with Crippen molar-refractivity contribution in [2.24, 2.45) is 0 Å². The normalized spacial score (nSPS) is 12.0. The number of hydrogen-bond acceptors (Lipinski definition) is 4. The van der Waals surface area contributed by atoms with E-state index >= 15 is 0 Å². The number of fused-ring (bicyclic) bond motifs is 1. The number of rotatable bonds is 4. The minimum atomic E-state index is -3.02. The summed E-state index contributed by atoms with van der Waals surface area (Å²) >= 11 is 0. The summed E-state index contributed by atoms with van der Waals surface area (Å²) < 4.78 is 35.2. The van der Waals surface area contributed by atoms with Gasteiger partial charge in [-0.2, -0.15) is 5.10 Å². The molecule has 0 N–H and O–H groups in total. The fourth-order valence-corrected chi connectivity index (χ4v) is 2.74. The second-order valence-corrected chi connectivity index (χ2v) is 5.82. The third kappa shape index (κ3) is 2.88. The Labute approximate surface area is 141 Å². The average molecular weight is 340 g/mol. The molecular weight excluding hydrogens is 326 g/mol. The van der Waals surface area contributed by atoms with Gasteiger partial charge in [-0.15, -0.1) is 0 Å². The lowest BCUT2D eigenvalue weighted by atomic mass is 10.1. The third-order valence-electron chi connectivity index (χ3n) is 3.94. The van der Waals surface area contributed by atoms with E-state index in [0.717, 1.165) is 12.5 Å². The molecule has 0 aliphatic rings. The molecule has 0 aliphatic heterocycles. The van der Waals surface area contributed by atoms with E-state index in [9.17, 15) is 8.78 Å². The highest BCUT2D eigenvalue weighted by Gasteiger charge is 2.29. The molecule has 0 saturated carbocycles. The van der Waals surface area contributed by atoms with E-state index in [-0.39, 0.29) is 5.56 Å². The summed E-state index contributed by atoms with van der Waals surface area (Å²) in [4.78, 5) is 8.48. The van der Waals surface area contributed by atoms with Crippen LogP contribution in [0.2, 0.25) is 0 Å². The van der Waals surface area contributed by atoms with Gasteiger partial charge in [-0.3, -0.25) is 4.98 Å². The Morgan fingerprint density at radius 3 is 2.68 bits per heavy atom. The van der Waals surface area contributed by atoms with E-state index in [2.05, 4.69) is 15.1 Å². The molecular formula is C18H14F2N4O. The van der Waals surface area contributed by atoms with Gasteiger partial charge in [-0.05, 0) is 35.9 Å². The van der Waals surface area contributed by atoms with Crippen molar-refractivity contribution in [1.29, 1.82) is 0 Å². The Bertz CT molecular complexity index is 1000. The maximum absolute atomic E-state index is 14.1. The molecule has 25 heavy (non-hydrogen) atoms. The monoisotopic (exact) mass is 340 g/mol. The van der Waals surface area contributed by atoms with Crippen LogP contribution in [0.15, 0.2) is 59.6 Å². The van der Waals surface area contributed by atoms with Crippen molar-refractivity contribution >= 4 is 11.0 Å². The van der Waals surface area contributed by atoms with Crippen molar-refractivity contribution in [2.45, 2.75) is 19.4 Å². The Morgan fingerprint density at radius 1 is 1.20 bits per heavy atom. The van der Waals surface area contributed by atoms with Crippen LogP contribution in [0.5, 0.6) is 0 Å².